The van der Waals surface area contributed by atoms with E-state index >= 15 is 0 Å². The van der Waals surface area contributed by atoms with E-state index in [-0.39, 0.29) is 12.5 Å². The molecule has 0 aliphatic carbocycles. The van der Waals surface area contributed by atoms with Gasteiger partial charge < -0.3 is 4.90 Å². The molecule has 1 amide bonds. The van der Waals surface area contributed by atoms with Gasteiger partial charge in [0.2, 0.25) is 15.9 Å². The molecule has 1 aliphatic heterocycles. The van der Waals surface area contributed by atoms with Crippen LogP contribution < -0.4 is 0 Å². The maximum Gasteiger partial charge on any atom is 0.239 e. The first kappa shape index (κ1) is 17.8. The normalized spacial score (nSPS) is 19.0. The van der Waals surface area contributed by atoms with Gasteiger partial charge >= 0.3 is 0 Å². The van der Waals surface area contributed by atoms with Crippen LogP contribution in [0.25, 0.3) is 6.08 Å². The SMILES string of the molecule is CN1C(=O)CN(S(=O)(=O)C=Cc2ccc(Br)cc2)C1c1ccccc1. The number of sulfonamides is 1. The quantitative estimate of drug-likeness (QED) is 0.762. The molecule has 1 atom stereocenters. The fourth-order valence-electron chi connectivity index (χ4n) is 2.72. The Kier molecular flexibility index (Phi) is 5.08. The standard InChI is InChI=1S/C18H17BrN2O3S/c1-20-17(22)13-21(18(20)15-5-3-2-4-6-15)25(23,24)12-11-14-7-9-16(19)10-8-14/h2-12,18H,13H2,1H3. The average Bonchev–Trinajstić information content (AvgIpc) is 2.91. The lowest BCUT2D eigenvalue weighted by Gasteiger charge is -2.26. The molecule has 1 unspecified atom stereocenters. The summed E-state index contributed by atoms with van der Waals surface area (Å²) in [7, 11) is -2.13. The zero-order valence-corrected chi connectivity index (χ0v) is 15.9. The number of carbonyl (C=O) groups excluding carboxylic acids is 1. The van der Waals surface area contributed by atoms with Crippen LogP contribution in [0.5, 0.6) is 0 Å². The topological polar surface area (TPSA) is 57.7 Å². The molecule has 1 saturated heterocycles. The number of likely N-dealkylation sites (N-methyl/N-ethyl adjacent to an activating group) is 1. The number of carbonyl (C=O) groups is 1. The van der Waals surface area contributed by atoms with Gasteiger partial charge in [0.25, 0.3) is 0 Å². The third kappa shape index (κ3) is 3.84. The van der Waals surface area contributed by atoms with Gasteiger partial charge in [0.1, 0.15) is 6.17 Å². The number of hydrogen-bond donors (Lipinski definition) is 0. The predicted octanol–water partition coefficient (Wildman–Crippen LogP) is 3.22. The molecule has 3 rings (SSSR count). The molecule has 2 aromatic carbocycles. The van der Waals surface area contributed by atoms with E-state index in [1.54, 1.807) is 7.05 Å². The van der Waals surface area contributed by atoms with Crippen molar-refractivity contribution in [3.63, 3.8) is 0 Å². The molecule has 1 heterocycles. The van der Waals surface area contributed by atoms with E-state index < -0.39 is 16.2 Å². The zero-order chi connectivity index (χ0) is 18.0. The van der Waals surface area contributed by atoms with E-state index in [0.717, 1.165) is 21.0 Å². The van der Waals surface area contributed by atoms with Crippen LogP contribution in [0, 0.1) is 0 Å². The van der Waals surface area contributed by atoms with Crippen LogP contribution in [0.15, 0.2) is 64.5 Å². The number of hydrogen-bond acceptors (Lipinski definition) is 3. The number of amides is 1. The number of nitrogens with zero attached hydrogens (tertiary/aromatic N) is 2. The van der Waals surface area contributed by atoms with E-state index in [9.17, 15) is 13.2 Å². The second-order valence-corrected chi connectivity index (χ2v) is 8.42. The lowest BCUT2D eigenvalue weighted by molar-refractivity contribution is -0.126. The molecule has 0 bridgehead atoms. The van der Waals surface area contributed by atoms with E-state index in [2.05, 4.69) is 15.9 Å². The Balaban J connectivity index is 1.92. The van der Waals surface area contributed by atoms with Crippen molar-refractivity contribution >= 4 is 37.9 Å². The first-order chi connectivity index (χ1) is 11.9. The van der Waals surface area contributed by atoms with Gasteiger partial charge in [-0.2, -0.15) is 4.31 Å². The fourth-order valence-corrected chi connectivity index (χ4v) is 4.30. The van der Waals surface area contributed by atoms with Crippen LogP contribution in [0.4, 0.5) is 0 Å². The maximum atomic E-state index is 12.8. The zero-order valence-electron chi connectivity index (χ0n) is 13.5. The van der Waals surface area contributed by atoms with Gasteiger partial charge in [-0.25, -0.2) is 8.42 Å². The van der Waals surface area contributed by atoms with Crippen LogP contribution in [0.2, 0.25) is 0 Å². The van der Waals surface area contributed by atoms with Crippen LogP contribution in [-0.2, 0) is 14.8 Å². The summed E-state index contributed by atoms with van der Waals surface area (Å²) in [6, 6.07) is 16.5. The summed E-state index contributed by atoms with van der Waals surface area (Å²) in [5.74, 6) is -0.227. The fraction of sp³-hybridized carbons (Fsp3) is 0.167. The molecule has 0 aromatic heterocycles. The maximum absolute atomic E-state index is 12.8. The minimum atomic E-state index is -3.75. The molecule has 130 valence electrons. The molecule has 25 heavy (non-hydrogen) atoms. The largest absolute Gasteiger partial charge is 0.324 e. The lowest BCUT2D eigenvalue weighted by Crippen LogP contribution is -2.32. The van der Waals surface area contributed by atoms with Crippen molar-refractivity contribution < 1.29 is 13.2 Å². The van der Waals surface area contributed by atoms with Crippen molar-refractivity contribution in [1.29, 1.82) is 0 Å². The van der Waals surface area contributed by atoms with Crippen molar-refractivity contribution in [2.75, 3.05) is 13.6 Å². The summed E-state index contributed by atoms with van der Waals surface area (Å²) in [5.41, 5.74) is 1.53. The van der Waals surface area contributed by atoms with Gasteiger partial charge in [0, 0.05) is 16.9 Å². The van der Waals surface area contributed by atoms with Gasteiger partial charge in [-0.15, -0.1) is 0 Å². The Morgan fingerprint density at radius 3 is 2.36 bits per heavy atom. The van der Waals surface area contributed by atoms with Crippen LogP contribution >= 0.6 is 15.9 Å². The molecule has 1 fully saturated rings. The van der Waals surface area contributed by atoms with Gasteiger partial charge in [0.15, 0.2) is 0 Å². The van der Waals surface area contributed by atoms with Gasteiger partial charge in [-0.3, -0.25) is 4.79 Å². The monoisotopic (exact) mass is 420 g/mol. The molecular weight excluding hydrogens is 404 g/mol. The molecule has 5 nitrogen and oxygen atoms in total. The molecular formula is C18H17BrN2O3S. The summed E-state index contributed by atoms with van der Waals surface area (Å²) in [4.78, 5) is 13.6. The third-order valence-corrected chi connectivity index (χ3v) is 6.04. The van der Waals surface area contributed by atoms with E-state index in [0.29, 0.717) is 0 Å². The molecule has 2 aromatic rings. The average molecular weight is 421 g/mol. The van der Waals surface area contributed by atoms with Gasteiger partial charge in [-0.1, -0.05) is 58.4 Å². The van der Waals surface area contributed by atoms with Gasteiger partial charge in [-0.05, 0) is 29.3 Å². The van der Waals surface area contributed by atoms with E-state index in [4.69, 9.17) is 0 Å². The highest BCUT2D eigenvalue weighted by Gasteiger charge is 2.42. The van der Waals surface area contributed by atoms with Crippen molar-refractivity contribution in [3.8, 4) is 0 Å². The molecule has 7 heteroatoms. The Bertz CT molecular complexity index is 896. The van der Waals surface area contributed by atoms with E-state index in [1.165, 1.54) is 15.3 Å². The Hall–Kier alpha value is -1.96. The molecule has 0 radical (unpaired) electrons. The first-order valence-electron chi connectivity index (χ1n) is 7.64. The first-order valence-corrected chi connectivity index (χ1v) is 9.94. The lowest BCUT2D eigenvalue weighted by atomic mass is 10.2. The summed E-state index contributed by atoms with van der Waals surface area (Å²) < 4.78 is 27.7. The smallest absolute Gasteiger partial charge is 0.239 e. The van der Waals surface area contributed by atoms with Crippen molar-refractivity contribution in [2.45, 2.75) is 6.17 Å². The minimum absolute atomic E-state index is 0.164. The van der Waals surface area contributed by atoms with E-state index in [1.807, 2.05) is 54.6 Å². The van der Waals surface area contributed by atoms with Crippen LogP contribution in [0.3, 0.4) is 0 Å². The highest BCUT2D eigenvalue weighted by molar-refractivity contribution is 9.10. The number of halogens is 1. The second kappa shape index (κ2) is 7.11. The van der Waals surface area contributed by atoms with Gasteiger partial charge in [0.05, 0.1) is 6.54 Å². The molecule has 0 spiro atoms. The summed E-state index contributed by atoms with van der Waals surface area (Å²) in [5, 5.41) is 1.15. The van der Waals surface area contributed by atoms with Crippen molar-refractivity contribution in [2.24, 2.45) is 0 Å². The Morgan fingerprint density at radius 1 is 1.08 bits per heavy atom. The highest BCUT2D eigenvalue weighted by atomic mass is 79.9. The molecule has 0 saturated carbocycles. The Morgan fingerprint density at radius 2 is 1.72 bits per heavy atom. The third-order valence-electron chi connectivity index (χ3n) is 4.05. The molecule has 1 aliphatic rings. The van der Waals surface area contributed by atoms with Crippen molar-refractivity contribution in [3.05, 3.63) is 75.6 Å². The van der Waals surface area contributed by atoms with Crippen molar-refractivity contribution in [1.82, 2.24) is 9.21 Å². The summed E-state index contributed by atoms with van der Waals surface area (Å²) in [6.45, 7) is -0.164. The number of rotatable bonds is 4. The second-order valence-electron chi connectivity index (χ2n) is 5.73. The van der Waals surface area contributed by atoms with Crippen LogP contribution in [-0.4, -0.2) is 37.1 Å². The minimum Gasteiger partial charge on any atom is -0.324 e. The Labute approximate surface area is 155 Å². The summed E-state index contributed by atoms with van der Waals surface area (Å²) >= 11 is 3.34. The predicted molar refractivity (Wildman–Crippen MR) is 101 cm³/mol. The molecule has 0 N–H and O–H groups in total. The summed E-state index contributed by atoms with van der Waals surface area (Å²) in [6.07, 6.45) is 0.903. The van der Waals surface area contributed by atoms with Crippen LogP contribution in [0.1, 0.15) is 17.3 Å². The number of benzene rings is 2. The highest BCUT2D eigenvalue weighted by Crippen LogP contribution is 2.32.